The van der Waals surface area contributed by atoms with Gasteiger partial charge in [-0.1, -0.05) is 0 Å². The zero-order valence-corrected chi connectivity index (χ0v) is 10.7. The van der Waals surface area contributed by atoms with Crippen molar-refractivity contribution in [3.8, 4) is 0 Å². The van der Waals surface area contributed by atoms with Crippen molar-refractivity contribution in [2.24, 2.45) is 0 Å². The Bertz CT molecular complexity index is 644. The molecule has 0 unspecified atom stereocenters. The molecule has 0 saturated heterocycles. The fourth-order valence-electron chi connectivity index (χ4n) is 1.57. The molecule has 0 aliphatic heterocycles. The lowest BCUT2D eigenvalue weighted by Gasteiger charge is -2.08. The van der Waals surface area contributed by atoms with Crippen LogP contribution in [0.15, 0.2) is 27.5 Å². The summed E-state index contributed by atoms with van der Waals surface area (Å²) in [5, 5.41) is 0. The van der Waals surface area contributed by atoms with Crippen LogP contribution in [0, 0.1) is 6.92 Å². The van der Waals surface area contributed by atoms with Gasteiger partial charge in [-0.25, -0.2) is 18.1 Å². The largest absolute Gasteiger partial charge is 0.441 e. The summed E-state index contributed by atoms with van der Waals surface area (Å²) in [5.74, 6) is 0.520. The minimum atomic E-state index is -3.48. The molecular weight excluding hydrogens is 240 g/mol. The van der Waals surface area contributed by atoms with E-state index in [1.54, 1.807) is 26.8 Å². The molecule has 0 fully saturated rings. The molecule has 0 aliphatic carbocycles. The van der Waals surface area contributed by atoms with Crippen LogP contribution in [0.2, 0.25) is 0 Å². The molecule has 2 rings (SSSR count). The van der Waals surface area contributed by atoms with Gasteiger partial charge in [-0.05, 0) is 26.0 Å². The summed E-state index contributed by atoms with van der Waals surface area (Å²) in [5.41, 5.74) is 1.14. The van der Waals surface area contributed by atoms with E-state index in [0.717, 1.165) is 0 Å². The summed E-state index contributed by atoms with van der Waals surface area (Å²) in [6.45, 7) is 5.27. The molecule has 1 heterocycles. The van der Waals surface area contributed by atoms with Gasteiger partial charge in [-0.3, -0.25) is 0 Å². The van der Waals surface area contributed by atoms with E-state index in [1.807, 2.05) is 0 Å². The van der Waals surface area contributed by atoms with Crippen molar-refractivity contribution in [1.82, 2.24) is 9.71 Å². The van der Waals surface area contributed by atoms with Crippen molar-refractivity contribution in [2.75, 3.05) is 0 Å². The second kappa shape index (κ2) is 4.12. The van der Waals surface area contributed by atoms with Crippen molar-refractivity contribution in [3.05, 3.63) is 24.1 Å². The van der Waals surface area contributed by atoms with Crippen molar-refractivity contribution in [2.45, 2.75) is 31.7 Å². The molecule has 0 atom stereocenters. The first-order valence-corrected chi connectivity index (χ1v) is 6.76. The number of aryl methyl sites for hydroxylation is 1. The number of oxazole rings is 1. The van der Waals surface area contributed by atoms with Crippen LogP contribution < -0.4 is 4.72 Å². The number of sulfonamides is 1. The minimum absolute atomic E-state index is 0.146. The summed E-state index contributed by atoms with van der Waals surface area (Å²) < 4.78 is 31.7. The van der Waals surface area contributed by atoms with Crippen LogP contribution in [0.5, 0.6) is 0 Å². The summed E-state index contributed by atoms with van der Waals surface area (Å²) >= 11 is 0. The third-order valence-corrected chi connectivity index (χ3v) is 3.82. The second-order valence-corrected chi connectivity index (χ2v) is 5.85. The highest BCUT2D eigenvalue weighted by Gasteiger charge is 2.16. The standard InChI is InChI=1S/C11H14N2O3S/c1-7(2)13-17(14,15)9-4-5-10-11(6-9)16-8(3)12-10/h4-7,13H,1-3H3. The molecule has 6 heteroatoms. The maximum atomic E-state index is 11.9. The van der Waals surface area contributed by atoms with E-state index in [-0.39, 0.29) is 10.9 Å². The zero-order valence-electron chi connectivity index (χ0n) is 9.89. The summed E-state index contributed by atoms with van der Waals surface area (Å²) in [4.78, 5) is 4.31. The molecule has 0 saturated carbocycles. The lowest BCUT2D eigenvalue weighted by molar-refractivity contribution is 0.557. The number of nitrogens with one attached hydrogen (secondary N) is 1. The van der Waals surface area contributed by atoms with E-state index in [1.165, 1.54) is 12.1 Å². The predicted molar refractivity (Wildman–Crippen MR) is 64.2 cm³/mol. The number of nitrogens with zero attached hydrogens (tertiary/aromatic N) is 1. The quantitative estimate of drug-likeness (QED) is 0.906. The third kappa shape index (κ3) is 2.48. The second-order valence-electron chi connectivity index (χ2n) is 4.14. The van der Waals surface area contributed by atoms with Crippen LogP contribution in [0.4, 0.5) is 0 Å². The van der Waals surface area contributed by atoms with Gasteiger partial charge in [0, 0.05) is 19.0 Å². The fourth-order valence-corrected chi connectivity index (χ4v) is 2.83. The van der Waals surface area contributed by atoms with Crippen molar-refractivity contribution < 1.29 is 12.8 Å². The van der Waals surface area contributed by atoms with Gasteiger partial charge in [0.1, 0.15) is 5.52 Å². The van der Waals surface area contributed by atoms with Gasteiger partial charge >= 0.3 is 0 Å². The lowest BCUT2D eigenvalue weighted by Crippen LogP contribution is -2.30. The van der Waals surface area contributed by atoms with Gasteiger partial charge in [0.2, 0.25) is 10.0 Å². The average Bonchev–Trinajstić information content (AvgIpc) is 2.54. The summed E-state index contributed by atoms with van der Waals surface area (Å²) in [7, 11) is -3.48. The number of aromatic nitrogens is 1. The van der Waals surface area contributed by atoms with E-state index in [2.05, 4.69) is 9.71 Å². The first kappa shape index (κ1) is 12.1. The van der Waals surface area contributed by atoms with E-state index in [0.29, 0.717) is 17.0 Å². The smallest absolute Gasteiger partial charge is 0.240 e. The lowest BCUT2D eigenvalue weighted by atomic mass is 10.3. The number of hydrogen-bond acceptors (Lipinski definition) is 4. The van der Waals surface area contributed by atoms with Gasteiger partial charge < -0.3 is 4.42 Å². The molecule has 0 aliphatic rings. The fraction of sp³-hybridized carbons (Fsp3) is 0.364. The Morgan fingerprint density at radius 3 is 2.71 bits per heavy atom. The predicted octanol–water partition coefficient (Wildman–Crippen LogP) is 1.82. The minimum Gasteiger partial charge on any atom is -0.441 e. The van der Waals surface area contributed by atoms with Crippen molar-refractivity contribution >= 4 is 21.1 Å². The van der Waals surface area contributed by atoms with E-state index < -0.39 is 10.0 Å². The van der Waals surface area contributed by atoms with Gasteiger partial charge in [0.05, 0.1) is 4.90 Å². The van der Waals surface area contributed by atoms with Crippen LogP contribution in [0.1, 0.15) is 19.7 Å². The van der Waals surface area contributed by atoms with Crippen molar-refractivity contribution in [3.63, 3.8) is 0 Å². The van der Waals surface area contributed by atoms with E-state index in [9.17, 15) is 8.42 Å². The molecule has 1 aromatic carbocycles. The zero-order chi connectivity index (χ0) is 12.6. The molecule has 92 valence electrons. The maximum Gasteiger partial charge on any atom is 0.240 e. The Morgan fingerprint density at radius 1 is 1.35 bits per heavy atom. The summed E-state index contributed by atoms with van der Waals surface area (Å²) in [6, 6.07) is 4.50. The number of hydrogen-bond donors (Lipinski definition) is 1. The van der Waals surface area contributed by atoms with Crippen molar-refractivity contribution in [1.29, 1.82) is 0 Å². The van der Waals surface area contributed by atoms with Crippen LogP contribution in [0.25, 0.3) is 11.1 Å². The Morgan fingerprint density at radius 2 is 2.06 bits per heavy atom. The van der Waals surface area contributed by atoms with Gasteiger partial charge in [-0.15, -0.1) is 0 Å². The third-order valence-electron chi connectivity index (χ3n) is 2.17. The molecule has 1 aromatic heterocycles. The Hall–Kier alpha value is -1.40. The first-order valence-electron chi connectivity index (χ1n) is 5.28. The molecule has 0 bridgehead atoms. The molecule has 0 radical (unpaired) electrons. The number of benzene rings is 1. The topological polar surface area (TPSA) is 72.2 Å². The highest BCUT2D eigenvalue weighted by Crippen LogP contribution is 2.19. The van der Waals surface area contributed by atoms with Crippen LogP contribution in [-0.2, 0) is 10.0 Å². The highest BCUT2D eigenvalue weighted by atomic mass is 32.2. The summed E-state index contributed by atoms with van der Waals surface area (Å²) in [6.07, 6.45) is 0. The van der Waals surface area contributed by atoms with Crippen LogP contribution in [-0.4, -0.2) is 19.4 Å². The van der Waals surface area contributed by atoms with Gasteiger partial charge in [-0.2, -0.15) is 0 Å². The monoisotopic (exact) mass is 254 g/mol. The Kier molecular flexibility index (Phi) is 2.92. The van der Waals surface area contributed by atoms with Crippen LogP contribution >= 0.6 is 0 Å². The van der Waals surface area contributed by atoms with E-state index in [4.69, 9.17) is 4.42 Å². The van der Waals surface area contributed by atoms with E-state index >= 15 is 0 Å². The highest BCUT2D eigenvalue weighted by molar-refractivity contribution is 7.89. The van der Waals surface area contributed by atoms with Gasteiger partial charge in [0.25, 0.3) is 0 Å². The average molecular weight is 254 g/mol. The molecule has 0 spiro atoms. The molecule has 17 heavy (non-hydrogen) atoms. The Labute approximate surface area is 99.9 Å². The number of fused-ring (bicyclic) bond motifs is 1. The molecule has 0 amide bonds. The molecule has 2 aromatic rings. The molecule has 5 nitrogen and oxygen atoms in total. The first-order chi connectivity index (χ1) is 7.88. The molecular formula is C11H14N2O3S. The van der Waals surface area contributed by atoms with Gasteiger partial charge in [0.15, 0.2) is 11.5 Å². The Balaban J connectivity index is 2.49. The SMILES string of the molecule is Cc1nc2ccc(S(=O)(=O)NC(C)C)cc2o1. The van der Waals surface area contributed by atoms with Crippen LogP contribution in [0.3, 0.4) is 0 Å². The number of rotatable bonds is 3. The normalized spacial score (nSPS) is 12.5. The maximum absolute atomic E-state index is 11.9. The molecule has 1 N–H and O–H groups in total.